The number of rotatable bonds is 2. The summed E-state index contributed by atoms with van der Waals surface area (Å²) in [5, 5.41) is 14.2. The summed E-state index contributed by atoms with van der Waals surface area (Å²) in [5.41, 5.74) is 2.70. The highest BCUT2D eigenvalue weighted by atomic mass is 16.2. The minimum absolute atomic E-state index is 0.0348. The number of nitrogens with one attached hydrogen (secondary N) is 3. The maximum absolute atomic E-state index is 13.0. The molecule has 2 amide bonds. The van der Waals surface area contributed by atoms with Crippen LogP contribution in [0.15, 0.2) is 30.3 Å². The molecule has 0 atom stereocenters. The zero-order valence-corrected chi connectivity index (χ0v) is 17.5. The lowest BCUT2D eigenvalue weighted by Gasteiger charge is -2.41. The Balaban J connectivity index is 1.24. The van der Waals surface area contributed by atoms with Crippen LogP contribution in [0.25, 0.3) is 11.3 Å². The maximum atomic E-state index is 13.0. The van der Waals surface area contributed by atoms with E-state index in [9.17, 15) is 9.59 Å². The van der Waals surface area contributed by atoms with Gasteiger partial charge in [-0.25, -0.2) is 0 Å². The van der Waals surface area contributed by atoms with Gasteiger partial charge >= 0.3 is 0 Å². The van der Waals surface area contributed by atoms with E-state index in [1.165, 1.54) is 12.0 Å². The second kappa shape index (κ2) is 7.23. The molecule has 2 aliphatic heterocycles. The summed E-state index contributed by atoms with van der Waals surface area (Å²) in [4.78, 5) is 27.6. The standard InChI is InChI=1S/C23H29N5O2/c1-16-5-7-17(8-6-16)18-15-19(26-25-18)20(29)28-13-11-23(12-14-28)24-21(30)22(27-23)9-3-2-4-10-22/h5-8,15,27H,2-4,9-14H2,1H3,(H,24,30)(H,25,26). The van der Waals surface area contributed by atoms with E-state index in [-0.39, 0.29) is 17.5 Å². The van der Waals surface area contributed by atoms with Crippen LogP contribution < -0.4 is 10.6 Å². The number of hydrogen-bond acceptors (Lipinski definition) is 4. The Morgan fingerprint density at radius 1 is 1.03 bits per heavy atom. The number of piperidine rings is 1. The van der Waals surface area contributed by atoms with Crippen molar-refractivity contribution < 1.29 is 9.59 Å². The van der Waals surface area contributed by atoms with Crippen molar-refractivity contribution in [2.75, 3.05) is 13.1 Å². The average molecular weight is 408 g/mol. The maximum Gasteiger partial charge on any atom is 0.271 e. The summed E-state index contributed by atoms with van der Waals surface area (Å²) in [6.07, 6.45) is 6.70. The summed E-state index contributed by atoms with van der Waals surface area (Å²) >= 11 is 0. The second-order valence-corrected chi connectivity index (χ2v) is 9.13. The van der Waals surface area contributed by atoms with Crippen LogP contribution in [0.5, 0.6) is 0 Å². The average Bonchev–Trinajstić information content (AvgIpc) is 3.33. The molecule has 5 rings (SSSR count). The predicted molar refractivity (Wildman–Crippen MR) is 114 cm³/mol. The molecule has 2 saturated heterocycles. The van der Waals surface area contributed by atoms with E-state index < -0.39 is 5.54 Å². The van der Waals surface area contributed by atoms with Crippen LogP contribution in [0.1, 0.15) is 61.0 Å². The monoisotopic (exact) mass is 407 g/mol. The minimum atomic E-state index is -0.392. The van der Waals surface area contributed by atoms with Gasteiger partial charge in [-0.2, -0.15) is 5.10 Å². The summed E-state index contributed by atoms with van der Waals surface area (Å²) < 4.78 is 0. The van der Waals surface area contributed by atoms with E-state index in [0.29, 0.717) is 18.8 Å². The Morgan fingerprint density at radius 2 is 1.73 bits per heavy atom. The molecule has 0 unspecified atom stereocenters. The van der Waals surface area contributed by atoms with Gasteiger partial charge in [-0.1, -0.05) is 49.1 Å². The summed E-state index contributed by atoms with van der Waals surface area (Å²) in [7, 11) is 0. The predicted octanol–water partition coefficient (Wildman–Crippen LogP) is 2.74. The Labute approximate surface area is 176 Å². The molecule has 7 heteroatoms. The summed E-state index contributed by atoms with van der Waals surface area (Å²) in [5.74, 6) is 0.116. The number of carbonyl (C=O) groups excluding carboxylic acids is 2. The van der Waals surface area contributed by atoms with Crippen LogP contribution in [0.2, 0.25) is 0 Å². The zero-order valence-electron chi connectivity index (χ0n) is 17.5. The second-order valence-electron chi connectivity index (χ2n) is 9.13. The van der Waals surface area contributed by atoms with Gasteiger partial charge in [0.15, 0.2) is 0 Å². The first kappa shape index (κ1) is 19.3. The summed E-state index contributed by atoms with van der Waals surface area (Å²) in [6.45, 7) is 3.27. The van der Waals surface area contributed by atoms with E-state index in [1.807, 2.05) is 42.2 Å². The van der Waals surface area contributed by atoms with Crippen LogP contribution in [-0.4, -0.2) is 51.2 Å². The van der Waals surface area contributed by atoms with Crippen LogP contribution in [0, 0.1) is 6.92 Å². The molecule has 1 aromatic carbocycles. The number of carbonyl (C=O) groups is 2. The number of aromatic nitrogens is 2. The van der Waals surface area contributed by atoms with Gasteiger partial charge in [0.25, 0.3) is 5.91 Å². The Kier molecular flexibility index (Phi) is 4.65. The smallest absolute Gasteiger partial charge is 0.271 e. The first-order valence-corrected chi connectivity index (χ1v) is 11.0. The largest absolute Gasteiger partial charge is 0.337 e. The lowest BCUT2D eigenvalue weighted by Crippen LogP contribution is -2.60. The first-order valence-electron chi connectivity index (χ1n) is 11.0. The molecule has 0 radical (unpaired) electrons. The van der Waals surface area contributed by atoms with Gasteiger partial charge in [0, 0.05) is 31.5 Å². The number of aryl methyl sites for hydroxylation is 1. The van der Waals surface area contributed by atoms with E-state index in [1.54, 1.807) is 0 Å². The number of aromatic amines is 1. The van der Waals surface area contributed by atoms with Gasteiger partial charge in [0.2, 0.25) is 5.91 Å². The van der Waals surface area contributed by atoms with Gasteiger partial charge in [-0.05, 0) is 25.8 Å². The Morgan fingerprint density at radius 3 is 2.43 bits per heavy atom. The van der Waals surface area contributed by atoms with E-state index in [4.69, 9.17) is 0 Å². The fraction of sp³-hybridized carbons (Fsp3) is 0.522. The molecule has 3 N–H and O–H groups in total. The third-order valence-electron chi connectivity index (χ3n) is 7.03. The van der Waals surface area contributed by atoms with Gasteiger partial charge in [-0.3, -0.25) is 20.0 Å². The minimum Gasteiger partial charge on any atom is -0.337 e. The molecule has 7 nitrogen and oxygen atoms in total. The highest BCUT2D eigenvalue weighted by Crippen LogP contribution is 2.37. The van der Waals surface area contributed by atoms with Crippen LogP contribution in [0.4, 0.5) is 0 Å². The van der Waals surface area contributed by atoms with Crippen molar-refractivity contribution in [2.24, 2.45) is 0 Å². The van der Waals surface area contributed by atoms with E-state index >= 15 is 0 Å². The molecule has 3 fully saturated rings. The van der Waals surface area contributed by atoms with Crippen molar-refractivity contribution in [3.05, 3.63) is 41.6 Å². The molecule has 2 aromatic rings. The lowest BCUT2D eigenvalue weighted by molar-refractivity contribution is -0.125. The van der Waals surface area contributed by atoms with Crippen LogP contribution in [0.3, 0.4) is 0 Å². The van der Waals surface area contributed by atoms with Crippen LogP contribution in [-0.2, 0) is 4.79 Å². The van der Waals surface area contributed by atoms with E-state index in [0.717, 1.165) is 49.8 Å². The summed E-state index contributed by atoms with van der Waals surface area (Å²) in [6, 6.07) is 9.93. The third-order valence-corrected chi connectivity index (χ3v) is 7.03. The highest BCUT2D eigenvalue weighted by Gasteiger charge is 2.54. The molecule has 1 saturated carbocycles. The number of amides is 2. The van der Waals surface area contributed by atoms with Crippen molar-refractivity contribution in [1.82, 2.24) is 25.7 Å². The molecule has 2 spiro atoms. The number of likely N-dealkylation sites (tertiary alicyclic amines) is 1. The SMILES string of the molecule is Cc1ccc(-c2cc(C(=O)N3CCC4(CC3)NC(=O)C3(CCCCC3)N4)[nH]n2)cc1. The molecule has 3 aliphatic rings. The van der Waals surface area contributed by atoms with Crippen molar-refractivity contribution in [1.29, 1.82) is 0 Å². The van der Waals surface area contributed by atoms with Crippen LogP contribution >= 0.6 is 0 Å². The number of benzene rings is 1. The van der Waals surface area contributed by atoms with Crippen molar-refractivity contribution in [3.8, 4) is 11.3 Å². The third kappa shape index (κ3) is 3.31. The van der Waals surface area contributed by atoms with Crippen molar-refractivity contribution >= 4 is 11.8 Å². The fourth-order valence-corrected chi connectivity index (χ4v) is 5.21. The molecule has 0 bridgehead atoms. The normalized spacial score (nSPS) is 22.4. The Bertz CT molecular complexity index is 950. The topological polar surface area (TPSA) is 90.1 Å². The lowest BCUT2D eigenvalue weighted by atomic mass is 9.81. The van der Waals surface area contributed by atoms with Crippen molar-refractivity contribution in [2.45, 2.75) is 63.1 Å². The van der Waals surface area contributed by atoms with Gasteiger partial charge in [0.05, 0.1) is 16.9 Å². The fourth-order valence-electron chi connectivity index (χ4n) is 5.21. The molecule has 30 heavy (non-hydrogen) atoms. The molecular weight excluding hydrogens is 378 g/mol. The molecule has 3 heterocycles. The highest BCUT2D eigenvalue weighted by molar-refractivity contribution is 5.93. The van der Waals surface area contributed by atoms with Gasteiger partial charge in [-0.15, -0.1) is 0 Å². The van der Waals surface area contributed by atoms with E-state index in [2.05, 4.69) is 20.8 Å². The van der Waals surface area contributed by atoms with Gasteiger partial charge in [0.1, 0.15) is 5.69 Å². The first-order chi connectivity index (χ1) is 14.5. The number of hydrogen-bond donors (Lipinski definition) is 3. The Hall–Kier alpha value is -2.67. The molecule has 1 aromatic heterocycles. The number of H-pyrrole nitrogens is 1. The molecular formula is C23H29N5O2. The molecule has 158 valence electrons. The van der Waals surface area contributed by atoms with Crippen molar-refractivity contribution in [3.63, 3.8) is 0 Å². The van der Waals surface area contributed by atoms with Gasteiger partial charge < -0.3 is 10.2 Å². The molecule has 1 aliphatic carbocycles. The number of nitrogens with zero attached hydrogens (tertiary/aromatic N) is 2. The quantitative estimate of drug-likeness (QED) is 0.714. The zero-order chi connectivity index (χ0) is 20.8.